The smallest absolute Gasteiger partial charge is 0.111 e. The molecule has 1 aromatic carbocycles. The Morgan fingerprint density at radius 2 is 1.87 bits per heavy atom. The average molecular weight is 202 g/mol. The molecule has 0 spiro atoms. The van der Waals surface area contributed by atoms with Crippen molar-refractivity contribution in [2.24, 2.45) is 0 Å². The van der Waals surface area contributed by atoms with E-state index in [1.165, 1.54) is 5.56 Å². The van der Waals surface area contributed by atoms with E-state index >= 15 is 0 Å². The first-order valence-corrected chi connectivity index (χ1v) is 5.43. The second-order valence-electron chi connectivity index (χ2n) is 3.93. The van der Waals surface area contributed by atoms with Crippen molar-refractivity contribution < 1.29 is 0 Å². The molecule has 0 aliphatic rings. The molecule has 0 heterocycles. The summed E-state index contributed by atoms with van der Waals surface area (Å²) < 4.78 is 0. The molecule has 2 unspecified atom stereocenters. The topological polar surface area (TPSA) is 35.8 Å². The SMILES string of the molecule is CCC(C)c1ccc(NC(C)C#N)cc1. The van der Waals surface area contributed by atoms with Crippen LogP contribution in [0.5, 0.6) is 0 Å². The zero-order valence-corrected chi connectivity index (χ0v) is 9.62. The minimum absolute atomic E-state index is 0.139. The fourth-order valence-corrected chi connectivity index (χ4v) is 1.43. The van der Waals surface area contributed by atoms with E-state index in [0.29, 0.717) is 5.92 Å². The first-order valence-electron chi connectivity index (χ1n) is 5.43. The molecule has 0 amide bonds. The van der Waals surface area contributed by atoms with E-state index in [0.717, 1.165) is 12.1 Å². The molecule has 0 saturated carbocycles. The highest BCUT2D eigenvalue weighted by Crippen LogP contribution is 2.20. The number of hydrogen-bond donors (Lipinski definition) is 1. The quantitative estimate of drug-likeness (QED) is 0.810. The van der Waals surface area contributed by atoms with Gasteiger partial charge in [0.1, 0.15) is 6.04 Å². The first-order chi connectivity index (χ1) is 7.17. The van der Waals surface area contributed by atoms with Gasteiger partial charge >= 0.3 is 0 Å². The van der Waals surface area contributed by atoms with Crippen LogP contribution in [0.3, 0.4) is 0 Å². The summed E-state index contributed by atoms with van der Waals surface area (Å²) in [6.45, 7) is 6.26. The molecular formula is C13H18N2. The third-order valence-corrected chi connectivity index (χ3v) is 2.67. The summed E-state index contributed by atoms with van der Waals surface area (Å²) in [5.41, 5.74) is 2.36. The highest BCUT2D eigenvalue weighted by molar-refractivity contribution is 5.46. The summed E-state index contributed by atoms with van der Waals surface area (Å²) in [4.78, 5) is 0. The Morgan fingerprint density at radius 3 is 2.33 bits per heavy atom. The van der Waals surface area contributed by atoms with Crippen LogP contribution in [0, 0.1) is 11.3 Å². The Bertz CT molecular complexity index is 335. The third kappa shape index (κ3) is 3.28. The molecule has 0 bridgehead atoms. The Hall–Kier alpha value is -1.49. The maximum Gasteiger partial charge on any atom is 0.111 e. The molecule has 0 saturated heterocycles. The maximum absolute atomic E-state index is 8.66. The van der Waals surface area contributed by atoms with Gasteiger partial charge in [0, 0.05) is 5.69 Å². The van der Waals surface area contributed by atoms with Crippen molar-refractivity contribution in [3.8, 4) is 6.07 Å². The molecule has 0 radical (unpaired) electrons. The summed E-state index contributed by atoms with van der Waals surface area (Å²) in [5, 5.41) is 11.8. The summed E-state index contributed by atoms with van der Waals surface area (Å²) in [6.07, 6.45) is 1.15. The standard InChI is InChI=1S/C13H18N2/c1-4-10(2)12-5-7-13(8-6-12)15-11(3)9-14/h5-8,10-11,15H,4H2,1-3H3. The van der Waals surface area contributed by atoms with Crippen LogP contribution >= 0.6 is 0 Å². The van der Waals surface area contributed by atoms with Gasteiger partial charge in [-0.05, 0) is 37.0 Å². The average Bonchev–Trinajstić information content (AvgIpc) is 2.29. The van der Waals surface area contributed by atoms with E-state index in [9.17, 15) is 0 Å². The molecule has 80 valence electrons. The van der Waals surface area contributed by atoms with Crippen molar-refractivity contribution in [2.45, 2.75) is 39.2 Å². The van der Waals surface area contributed by atoms with Gasteiger partial charge in [-0.3, -0.25) is 0 Å². The zero-order valence-electron chi connectivity index (χ0n) is 9.62. The summed E-state index contributed by atoms with van der Waals surface area (Å²) in [7, 11) is 0. The molecule has 15 heavy (non-hydrogen) atoms. The van der Waals surface area contributed by atoms with Crippen LogP contribution in [-0.4, -0.2) is 6.04 Å². The molecule has 2 heteroatoms. The van der Waals surface area contributed by atoms with Gasteiger partial charge in [-0.25, -0.2) is 0 Å². The monoisotopic (exact) mass is 202 g/mol. The number of nitriles is 1. The van der Waals surface area contributed by atoms with Gasteiger partial charge in [0.05, 0.1) is 6.07 Å². The van der Waals surface area contributed by atoms with Crippen LogP contribution in [0.25, 0.3) is 0 Å². The Kier molecular flexibility index (Phi) is 4.17. The van der Waals surface area contributed by atoms with E-state index < -0.39 is 0 Å². The molecule has 1 rings (SSSR count). The molecule has 0 aliphatic carbocycles. The van der Waals surface area contributed by atoms with E-state index in [1.807, 2.05) is 19.1 Å². The van der Waals surface area contributed by atoms with Crippen LogP contribution in [0.1, 0.15) is 38.7 Å². The number of anilines is 1. The third-order valence-electron chi connectivity index (χ3n) is 2.67. The molecule has 0 fully saturated rings. The van der Waals surface area contributed by atoms with Crippen LogP contribution in [0.15, 0.2) is 24.3 Å². The lowest BCUT2D eigenvalue weighted by Crippen LogP contribution is -2.11. The molecule has 0 aromatic heterocycles. The first kappa shape index (κ1) is 11.6. The maximum atomic E-state index is 8.66. The molecule has 1 aromatic rings. The van der Waals surface area contributed by atoms with Crippen molar-refractivity contribution in [2.75, 3.05) is 5.32 Å². The van der Waals surface area contributed by atoms with E-state index in [1.54, 1.807) is 0 Å². The van der Waals surface area contributed by atoms with E-state index in [2.05, 4.69) is 37.4 Å². The lowest BCUT2D eigenvalue weighted by Gasteiger charge is -2.11. The van der Waals surface area contributed by atoms with Crippen LogP contribution < -0.4 is 5.32 Å². The second-order valence-corrected chi connectivity index (χ2v) is 3.93. The number of benzene rings is 1. The fourth-order valence-electron chi connectivity index (χ4n) is 1.43. The molecule has 2 nitrogen and oxygen atoms in total. The van der Waals surface area contributed by atoms with E-state index in [4.69, 9.17) is 5.26 Å². The molecule has 0 aliphatic heterocycles. The minimum atomic E-state index is -0.139. The van der Waals surface area contributed by atoms with Gasteiger partial charge in [-0.15, -0.1) is 0 Å². The van der Waals surface area contributed by atoms with Crippen molar-refractivity contribution in [3.63, 3.8) is 0 Å². The normalized spacial score (nSPS) is 14.0. The van der Waals surface area contributed by atoms with Gasteiger partial charge in [-0.1, -0.05) is 26.0 Å². The van der Waals surface area contributed by atoms with Crippen LogP contribution in [-0.2, 0) is 0 Å². The number of hydrogen-bond acceptors (Lipinski definition) is 2. The molecule has 1 N–H and O–H groups in total. The van der Waals surface area contributed by atoms with Gasteiger partial charge in [0.15, 0.2) is 0 Å². The largest absolute Gasteiger partial charge is 0.370 e. The summed E-state index contributed by atoms with van der Waals surface area (Å²) in [5.74, 6) is 0.604. The van der Waals surface area contributed by atoms with Crippen molar-refractivity contribution in [3.05, 3.63) is 29.8 Å². The Labute approximate surface area is 91.9 Å². The summed E-state index contributed by atoms with van der Waals surface area (Å²) >= 11 is 0. The number of nitrogens with zero attached hydrogens (tertiary/aromatic N) is 1. The van der Waals surface area contributed by atoms with Crippen LogP contribution in [0.4, 0.5) is 5.69 Å². The predicted molar refractivity (Wildman–Crippen MR) is 63.8 cm³/mol. The minimum Gasteiger partial charge on any atom is -0.370 e. The lowest BCUT2D eigenvalue weighted by atomic mass is 9.98. The van der Waals surface area contributed by atoms with Gasteiger partial charge in [0.25, 0.3) is 0 Å². The van der Waals surface area contributed by atoms with Crippen molar-refractivity contribution in [1.29, 1.82) is 5.26 Å². The lowest BCUT2D eigenvalue weighted by molar-refractivity contribution is 0.733. The zero-order chi connectivity index (χ0) is 11.3. The highest BCUT2D eigenvalue weighted by Gasteiger charge is 2.03. The second kappa shape index (κ2) is 5.41. The fraction of sp³-hybridized carbons (Fsp3) is 0.462. The van der Waals surface area contributed by atoms with Crippen molar-refractivity contribution >= 4 is 5.69 Å². The van der Waals surface area contributed by atoms with Gasteiger partial charge in [-0.2, -0.15) is 5.26 Å². The van der Waals surface area contributed by atoms with E-state index in [-0.39, 0.29) is 6.04 Å². The Balaban J connectivity index is 2.69. The molecule has 2 atom stereocenters. The molecular weight excluding hydrogens is 184 g/mol. The number of nitrogens with one attached hydrogen (secondary N) is 1. The van der Waals surface area contributed by atoms with Gasteiger partial charge < -0.3 is 5.32 Å². The Morgan fingerprint density at radius 1 is 1.27 bits per heavy atom. The predicted octanol–water partition coefficient (Wildman–Crippen LogP) is 3.52. The number of rotatable bonds is 4. The highest BCUT2D eigenvalue weighted by atomic mass is 14.9. The van der Waals surface area contributed by atoms with Gasteiger partial charge in [0.2, 0.25) is 0 Å². The van der Waals surface area contributed by atoms with Crippen LogP contribution in [0.2, 0.25) is 0 Å². The summed E-state index contributed by atoms with van der Waals surface area (Å²) in [6, 6.07) is 10.3. The van der Waals surface area contributed by atoms with Crippen molar-refractivity contribution in [1.82, 2.24) is 0 Å².